The third-order valence-electron chi connectivity index (χ3n) is 2.45. The number of carbonyl (C=O) groups excluding carboxylic acids is 2. The lowest BCUT2D eigenvalue weighted by molar-refractivity contribution is -0.165. The fourth-order valence-corrected chi connectivity index (χ4v) is 1.65. The first-order valence-corrected chi connectivity index (χ1v) is 6.10. The number of carboxylic acid groups (broad SMARTS) is 2. The molecule has 0 saturated heterocycles. The third kappa shape index (κ3) is 6.17. The average molecular weight is 290 g/mol. The maximum Gasteiger partial charge on any atom is 0.310 e. The number of ether oxygens (including phenoxy) is 2. The van der Waals surface area contributed by atoms with E-state index in [0.717, 1.165) is 0 Å². The number of rotatable bonds is 9. The van der Waals surface area contributed by atoms with Gasteiger partial charge in [-0.1, -0.05) is 0 Å². The van der Waals surface area contributed by atoms with Crippen molar-refractivity contribution < 1.29 is 38.9 Å². The summed E-state index contributed by atoms with van der Waals surface area (Å²) in [6, 6.07) is 0. The van der Waals surface area contributed by atoms with Gasteiger partial charge in [-0.15, -0.1) is 0 Å². The molecule has 0 aromatic heterocycles. The zero-order valence-electron chi connectivity index (χ0n) is 11.3. The highest BCUT2D eigenvalue weighted by molar-refractivity contribution is 5.88. The Morgan fingerprint density at radius 1 is 0.800 bits per heavy atom. The molecule has 0 amide bonds. The fraction of sp³-hybridized carbons (Fsp3) is 0.667. The zero-order valence-corrected chi connectivity index (χ0v) is 11.3. The Balaban J connectivity index is 5.24. The molecule has 0 heterocycles. The number of esters is 2. The van der Waals surface area contributed by atoms with E-state index in [1.54, 1.807) is 0 Å². The molecule has 2 atom stereocenters. The molecule has 0 aliphatic carbocycles. The number of hydrogen-bond acceptors (Lipinski definition) is 6. The second-order valence-electron chi connectivity index (χ2n) is 3.91. The van der Waals surface area contributed by atoms with Gasteiger partial charge in [-0.2, -0.15) is 0 Å². The van der Waals surface area contributed by atoms with Crippen LogP contribution >= 0.6 is 0 Å². The predicted octanol–water partition coefficient (Wildman–Crippen LogP) is 0.294. The molecule has 20 heavy (non-hydrogen) atoms. The first-order chi connectivity index (χ1) is 9.33. The van der Waals surface area contributed by atoms with Crippen molar-refractivity contribution in [3.63, 3.8) is 0 Å². The van der Waals surface area contributed by atoms with E-state index in [4.69, 9.17) is 19.7 Å². The van der Waals surface area contributed by atoms with Gasteiger partial charge in [0.1, 0.15) is 0 Å². The minimum atomic E-state index is -1.39. The van der Waals surface area contributed by atoms with Crippen LogP contribution in [0.2, 0.25) is 0 Å². The minimum Gasteiger partial charge on any atom is -0.481 e. The maximum atomic E-state index is 11.7. The molecule has 0 aliphatic heterocycles. The number of aliphatic carboxylic acids is 2. The van der Waals surface area contributed by atoms with Crippen molar-refractivity contribution in [3.8, 4) is 0 Å². The van der Waals surface area contributed by atoms with Crippen LogP contribution in [0.3, 0.4) is 0 Å². The molecular weight excluding hydrogens is 272 g/mol. The highest BCUT2D eigenvalue weighted by Crippen LogP contribution is 2.23. The lowest BCUT2D eigenvalue weighted by atomic mass is 9.87. The zero-order chi connectivity index (χ0) is 15.7. The first-order valence-electron chi connectivity index (χ1n) is 6.10. The van der Waals surface area contributed by atoms with E-state index in [0.29, 0.717) is 0 Å². The SMILES string of the molecule is CCOC(=O)[C@@H](CC(=O)O)[C@@H](CC(=O)O)C(=O)OCC. The molecule has 0 rings (SSSR count). The number of carboxylic acids is 2. The van der Waals surface area contributed by atoms with Gasteiger partial charge < -0.3 is 19.7 Å². The largest absolute Gasteiger partial charge is 0.481 e. The monoisotopic (exact) mass is 290 g/mol. The van der Waals surface area contributed by atoms with Crippen LogP contribution in [-0.4, -0.2) is 47.3 Å². The topological polar surface area (TPSA) is 127 Å². The number of hydrogen-bond donors (Lipinski definition) is 2. The van der Waals surface area contributed by atoms with Crippen LogP contribution in [0.4, 0.5) is 0 Å². The third-order valence-corrected chi connectivity index (χ3v) is 2.45. The lowest BCUT2D eigenvalue weighted by Crippen LogP contribution is -2.35. The summed E-state index contributed by atoms with van der Waals surface area (Å²) >= 11 is 0. The van der Waals surface area contributed by atoms with Gasteiger partial charge >= 0.3 is 23.9 Å². The van der Waals surface area contributed by atoms with E-state index in [1.807, 2.05) is 0 Å². The molecule has 8 nitrogen and oxygen atoms in total. The second kappa shape index (κ2) is 8.89. The van der Waals surface area contributed by atoms with Crippen LogP contribution in [0, 0.1) is 11.8 Å². The first kappa shape index (κ1) is 17.9. The Labute approximate surface area is 115 Å². The molecular formula is C12H18O8. The van der Waals surface area contributed by atoms with Crippen molar-refractivity contribution in [1.29, 1.82) is 0 Å². The Morgan fingerprint density at radius 3 is 1.30 bits per heavy atom. The van der Waals surface area contributed by atoms with Gasteiger partial charge in [0, 0.05) is 0 Å². The van der Waals surface area contributed by atoms with Crippen molar-refractivity contribution in [1.82, 2.24) is 0 Å². The van der Waals surface area contributed by atoms with Crippen LogP contribution in [0.1, 0.15) is 26.7 Å². The smallest absolute Gasteiger partial charge is 0.310 e. The molecule has 8 heteroatoms. The average Bonchev–Trinajstić information content (AvgIpc) is 2.33. The molecule has 0 spiro atoms. The maximum absolute atomic E-state index is 11.7. The summed E-state index contributed by atoms with van der Waals surface area (Å²) in [6.45, 7) is 3.04. The lowest BCUT2D eigenvalue weighted by Gasteiger charge is -2.21. The normalized spacial score (nSPS) is 13.1. The van der Waals surface area contributed by atoms with Crippen LogP contribution in [0.25, 0.3) is 0 Å². The summed E-state index contributed by atoms with van der Waals surface area (Å²) in [5, 5.41) is 17.6. The molecule has 0 fully saturated rings. The Morgan fingerprint density at radius 2 is 1.10 bits per heavy atom. The van der Waals surface area contributed by atoms with E-state index in [1.165, 1.54) is 13.8 Å². The van der Waals surface area contributed by atoms with Crippen molar-refractivity contribution in [3.05, 3.63) is 0 Å². The van der Waals surface area contributed by atoms with Crippen LogP contribution in [-0.2, 0) is 28.7 Å². The summed E-state index contributed by atoms with van der Waals surface area (Å²) in [5.74, 6) is -7.28. The van der Waals surface area contributed by atoms with Crippen molar-refractivity contribution in [2.24, 2.45) is 11.8 Å². The predicted molar refractivity (Wildman–Crippen MR) is 64.8 cm³/mol. The van der Waals surface area contributed by atoms with Crippen LogP contribution in [0.15, 0.2) is 0 Å². The van der Waals surface area contributed by atoms with E-state index >= 15 is 0 Å². The van der Waals surface area contributed by atoms with Crippen molar-refractivity contribution in [2.45, 2.75) is 26.7 Å². The molecule has 0 aromatic rings. The molecule has 0 unspecified atom stereocenters. The molecule has 0 bridgehead atoms. The molecule has 0 aromatic carbocycles. The van der Waals surface area contributed by atoms with Gasteiger partial charge in [-0.3, -0.25) is 19.2 Å². The van der Waals surface area contributed by atoms with E-state index in [-0.39, 0.29) is 13.2 Å². The highest BCUT2D eigenvalue weighted by Gasteiger charge is 2.38. The number of carbonyl (C=O) groups is 4. The Bertz CT molecular complexity index is 340. The van der Waals surface area contributed by atoms with Crippen molar-refractivity contribution in [2.75, 3.05) is 13.2 Å². The van der Waals surface area contributed by atoms with Gasteiger partial charge in [0.2, 0.25) is 0 Å². The summed E-state index contributed by atoms with van der Waals surface area (Å²) < 4.78 is 9.39. The molecule has 2 N–H and O–H groups in total. The van der Waals surface area contributed by atoms with Crippen LogP contribution in [0.5, 0.6) is 0 Å². The van der Waals surface area contributed by atoms with Crippen molar-refractivity contribution >= 4 is 23.9 Å². The molecule has 114 valence electrons. The Hall–Kier alpha value is -2.12. The van der Waals surface area contributed by atoms with Gasteiger partial charge in [0.25, 0.3) is 0 Å². The van der Waals surface area contributed by atoms with Gasteiger partial charge in [-0.25, -0.2) is 0 Å². The fourth-order valence-electron chi connectivity index (χ4n) is 1.65. The summed E-state index contributed by atoms with van der Waals surface area (Å²) in [4.78, 5) is 45.0. The Kier molecular flexibility index (Phi) is 7.95. The standard InChI is InChI=1S/C12H18O8/c1-3-19-11(17)7(5-9(13)14)8(6-10(15)16)12(18)20-4-2/h7-8H,3-6H2,1-2H3,(H,13,14)(H,15,16)/t7-,8+. The van der Waals surface area contributed by atoms with E-state index in [9.17, 15) is 19.2 Å². The molecule has 0 saturated carbocycles. The molecule has 0 radical (unpaired) electrons. The summed E-state index contributed by atoms with van der Waals surface area (Å²) in [7, 11) is 0. The minimum absolute atomic E-state index is 0.00241. The quantitative estimate of drug-likeness (QED) is 0.580. The van der Waals surface area contributed by atoms with E-state index < -0.39 is 48.6 Å². The summed E-state index contributed by atoms with van der Waals surface area (Å²) in [5.41, 5.74) is 0. The molecule has 0 aliphatic rings. The van der Waals surface area contributed by atoms with Gasteiger partial charge in [-0.05, 0) is 13.8 Å². The summed E-state index contributed by atoms with van der Waals surface area (Å²) in [6.07, 6.45) is -1.40. The van der Waals surface area contributed by atoms with E-state index in [2.05, 4.69) is 0 Å². The second-order valence-corrected chi connectivity index (χ2v) is 3.91. The van der Waals surface area contributed by atoms with Gasteiger partial charge in [0.05, 0.1) is 37.9 Å². The van der Waals surface area contributed by atoms with Gasteiger partial charge in [0.15, 0.2) is 0 Å². The highest BCUT2D eigenvalue weighted by atomic mass is 16.5. The van der Waals surface area contributed by atoms with Crippen LogP contribution < -0.4 is 0 Å².